The summed E-state index contributed by atoms with van der Waals surface area (Å²) in [4.78, 5) is 0. The molecule has 0 spiro atoms. The van der Waals surface area contributed by atoms with Crippen LogP contribution in [0, 0.1) is 12.8 Å². The third-order valence-electron chi connectivity index (χ3n) is 2.67. The minimum absolute atomic E-state index is 0.148. The number of nitrogens with one attached hydrogen (secondary N) is 1. The zero-order valence-corrected chi connectivity index (χ0v) is 8.40. The molecule has 1 aromatic rings. The van der Waals surface area contributed by atoms with Crippen molar-refractivity contribution in [3.8, 4) is 0 Å². The first kappa shape index (κ1) is 9.61. The number of hydrogen-bond donors (Lipinski definition) is 2. The van der Waals surface area contributed by atoms with Crippen LogP contribution >= 0.6 is 0 Å². The first-order valence-corrected chi connectivity index (χ1v) is 5.01. The van der Waals surface area contributed by atoms with Gasteiger partial charge in [-0.2, -0.15) is 0 Å². The van der Waals surface area contributed by atoms with Crippen LogP contribution in [0.3, 0.4) is 0 Å². The van der Waals surface area contributed by atoms with E-state index in [0.29, 0.717) is 12.5 Å². The number of aryl methyl sites for hydroxylation is 1. The molecule has 78 valence electrons. The Morgan fingerprint density at radius 2 is 2.29 bits per heavy atom. The highest BCUT2D eigenvalue weighted by molar-refractivity contribution is 4.97. The van der Waals surface area contributed by atoms with E-state index in [2.05, 4.69) is 15.5 Å². The molecule has 2 N–H and O–H groups in total. The Kier molecular flexibility index (Phi) is 2.79. The van der Waals surface area contributed by atoms with Gasteiger partial charge in [-0.05, 0) is 25.9 Å². The Labute approximate surface area is 83.2 Å². The fraction of sp³-hybridized carbons (Fsp3) is 0.778. The molecule has 0 radical (unpaired) electrons. The molecule has 0 atom stereocenters. The Balaban J connectivity index is 2.06. The Hall–Kier alpha value is -0.940. The maximum absolute atomic E-state index is 8.90. The van der Waals surface area contributed by atoms with Crippen molar-refractivity contribution >= 4 is 0 Å². The summed E-state index contributed by atoms with van der Waals surface area (Å²) < 4.78 is 2.00. The van der Waals surface area contributed by atoms with Crippen LogP contribution in [0.2, 0.25) is 0 Å². The lowest BCUT2D eigenvalue weighted by Crippen LogP contribution is -2.43. The van der Waals surface area contributed by atoms with Gasteiger partial charge in [-0.1, -0.05) is 0 Å². The van der Waals surface area contributed by atoms with E-state index in [9.17, 15) is 0 Å². The molecule has 0 saturated carbocycles. The minimum Gasteiger partial charge on any atom is -0.395 e. The first-order valence-electron chi connectivity index (χ1n) is 5.01. The summed E-state index contributed by atoms with van der Waals surface area (Å²) in [6, 6.07) is 0. The number of aromatic nitrogens is 3. The average molecular weight is 196 g/mol. The largest absolute Gasteiger partial charge is 0.395 e. The average Bonchev–Trinajstić information content (AvgIpc) is 2.43. The molecule has 5 heteroatoms. The van der Waals surface area contributed by atoms with Gasteiger partial charge in [0, 0.05) is 13.0 Å². The maximum Gasteiger partial charge on any atom is 0.133 e. The lowest BCUT2D eigenvalue weighted by molar-refractivity contribution is 0.269. The lowest BCUT2D eigenvalue weighted by atomic mass is 9.99. The highest BCUT2D eigenvalue weighted by Crippen LogP contribution is 2.11. The quantitative estimate of drug-likeness (QED) is 0.671. The highest BCUT2D eigenvalue weighted by atomic mass is 16.3. The van der Waals surface area contributed by atoms with Crippen LogP contribution in [0.25, 0.3) is 0 Å². The monoisotopic (exact) mass is 196 g/mol. The summed E-state index contributed by atoms with van der Waals surface area (Å²) in [7, 11) is 0. The van der Waals surface area contributed by atoms with Crippen LogP contribution < -0.4 is 5.32 Å². The standard InChI is InChI=1S/C9H16N4O/c1-7-11-12-9(13(7)2-3-14)4-8-5-10-6-8/h8,10,14H,2-6H2,1H3. The van der Waals surface area contributed by atoms with Crippen molar-refractivity contribution in [2.24, 2.45) is 5.92 Å². The van der Waals surface area contributed by atoms with Crippen molar-refractivity contribution in [1.82, 2.24) is 20.1 Å². The summed E-state index contributed by atoms with van der Waals surface area (Å²) in [5, 5.41) is 20.3. The summed E-state index contributed by atoms with van der Waals surface area (Å²) in [6.07, 6.45) is 0.966. The van der Waals surface area contributed by atoms with Gasteiger partial charge in [0.2, 0.25) is 0 Å². The number of rotatable bonds is 4. The first-order chi connectivity index (χ1) is 6.81. The molecule has 14 heavy (non-hydrogen) atoms. The van der Waals surface area contributed by atoms with Crippen LogP contribution in [-0.4, -0.2) is 39.6 Å². The predicted octanol–water partition coefficient (Wildman–Crippen LogP) is -0.659. The molecule has 0 aliphatic carbocycles. The van der Waals surface area contributed by atoms with Gasteiger partial charge >= 0.3 is 0 Å². The Morgan fingerprint density at radius 3 is 2.86 bits per heavy atom. The van der Waals surface area contributed by atoms with Gasteiger partial charge < -0.3 is 15.0 Å². The molecule has 0 aromatic carbocycles. The van der Waals surface area contributed by atoms with E-state index >= 15 is 0 Å². The van der Waals surface area contributed by atoms with Gasteiger partial charge in [0.15, 0.2) is 0 Å². The molecule has 5 nitrogen and oxygen atoms in total. The molecular weight excluding hydrogens is 180 g/mol. The number of aliphatic hydroxyl groups excluding tert-OH is 1. The van der Waals surface area contributed by atoms with Crippen molar-refractivity contribution in [3.05, 3.63) is 11.6 Å². The van der Waals surface area contributed by atoms with Gasteiger partial charge in [-0.3, -0.25) is 0 Å². The molecular formula is C9H16N4O. The van der Waals surface area contributed by atoms with Crippen LogP contribution in [0.1, 0.15) is 11.6 Å². The van der Waals surface area contributed by atoms with E-state index in [0.717, 1.165) is 31.2 Å². The molecule has 2 rings (SSSR count). The minimum atomic E-state index is 0.148. The Morgan fingerprint density at radius 1 is 1.50 bits per heavy atom. The smallest absolute Gasteiger partial charge is 0.133 e. The molecule has 0 amide bonds. The van der Waals surface area contributed by atoms with Gasteiger partial charge in [0.1, 0.15) is 11.6 Å². The van der Waals surface area contributed by atoms with Crippen LogP contribution in [0.4, 0.5) is 0 Å². The van der Waals surface area contributed by atoms with Crippen molar-refractivity contribution in [2.45, 2.75) is 19.9 Å². The van der Waals surface area contributed by atoms with E-state index in [1.54, 1.807) is 0 Å². The second-order valence-electron chi connectivity index (χ2n) is 3.77. The summed E-state index contributed by atoms with van der Waals surface area (Å²) in [5.74, 6) is 2.58. The van der Waals surface area contributed by atoms with E-state index in [4.69, 9.17) is 5.11 Å². The van der Waals surface area contributed by atoms with Crippen molar-refractivity contribution in [2.75, 3.05) is 19.7 Å². The summed E-state index contributed by atoms with van der Waals surface area (Å²) >= 11 is 0. The van der Waals surface area contributed by atoms with Gasteiger partial charge in [0.05, 0.1) is 6.61 Å². The lowest BCUT2D eigenvalue weighted by Gasteiger charge is -2.26. The van der Waals surface area contributed by atoms with Crippen molar-refractivity contribution in [3.63, 3.8) is 0 Å². The highest BCUT2D eigenvalue weighted by Gasteiger charge is 2.20. The molecule has 0 unspecified atom stereocenters. The second kappa shape index (κ2) is 4.06. The second-order valence-corrected chi connectivity index (χ2v) is 3.77. The third-order valence-corrected chi connectivity index (χ3v) is 2.67. The van der Waals surface area contributed by atoms with Crippen LogP contribution in [0.5, 0.6) is 0 Å². The molecule has 1 saturated heterocycles. The molecule has 0 bridgehead atoms. The number of aliphatic hydroxyl groups is 1. The fourth-order valence-electron chi connectivity index (χ4n) is 1.72. The fourth-order valence-corrected chi connectivity index (χ4v) is 1.72. The molecule has 1 aromatic heterocycles. The predicted molar refractivity (Wildman–Crippen MR) is 51.9 cm³/mol. The summed E-state index contributed by atoms with van der Waals surface area (Å²) in [5.41, 5.74) is 0. The topological polar surface area (TPSA) is 63.0 Å². The molecule has 1 fully saturated rings. The van der Waals surface area contributed by atoms with E-state index in [1.807, 2.05) is 11.5 Å². The van der Waals surface area contributed by atoms with E-state index in [1.165, 1.54) is 0 Å². The van der Waals surface area contributed by atoms with Crippen LogP contribution in [0.15, 0.2) is 0 Å². The van der Waals surface area contributed by atoms with Crippen molar-refractivity contribution in [1.29, 1.82) is 0 Å². The van der Waals surface area contributed by atoms with E-state index in [-0.39, 0.29) is 6.61 Å². The van der Waals surface area contributed by atoms with Gasteiger partial charge in [-0.25, -0.2) is 0 Å². The molecule has 1 aliphatic rings. The molecule has 2 heterocycles. The SMILES string of the molecule is Cc1nnc(CC2CNC2)n1CCO. The number of nitrogens with zero attached hydrogens (tertiary/aromatic N) is 3. The van der Waals surface area contributed by atoms with E-state index < -0.39 is 0 Å². The maximum atomic E-state index is 8.90. The zero-order valence-electron chi connectivity index (χ0n) is 8.40. The number of hydrogen-bond acceptors (Lipinski definition) is 4. The third kappa shape index (κ3) is 1.78. The van der Waals surface area contributed by atoms with Crippen LogP contribution in [-0.2, 0) is 13.0 Å². The zero-order chi connectivity index (χ0) is 9.97. The summed E-state index contributed by atoms with van der Waals surface area (Å²) in [6.45, 7) is 4.82. The van der Waals surface area contributed by atoms with Gasteiger partial charge in [-0.15, -0.1) is 10.2 Å². The normalized spacial score (nSPS) is 17.0. The molecule has 1 aliphatic heterocycles. The Bertz CT molecular complexity index is 306. The van der Waals surface area contributed by atoms with Gasteiger partial charge in [0.25, 0.3) is 0 Å². The van der Waals surface area contributed by atoms with Crippen molar-refractivity contribution < 1.29 is 5.11 Å².